The van der Waals surface area contributed by atoms with Crippen molar-refractivity contribution in [1.82, 2.24) is 20.4 Å². The van der Waals surface area contributed by atoms with Gasteiger partial charge in [0.1, 0.15) is 0 Å². The Morgan fingerprint density at radius 1 is 1.12 bits per heavy atom. The number of rotatable bonds is 5. The van der Waals surface area contributed by atoms with Gasteiger partial charge in [0.15, 0.2) is 0 Å². The molecule has 0 unspecified atom stereocenters. The van der Waals surface area contributed by atoms with Gasteiger partial charge in [0.25, 0.3) is 5.91 Å². The van der Waals surface area contributed by atoms with Gasteiger partial charge in [0.2, 0.25) is 5.91 Å². The van der Waals surface area contributed by atoms with E-state index in [9.17, 15) is 14.7 Å². The number of nitrogens with one attached hydrogen (secondary N) is 2. The first-order valence-electron chi connectivity index (χ1n) is 10.4. The second-order valence-corrected chi connectivity index (χ2v) is 8.72. The highest BCUT2D eigenvalue weighted by Crippen LogP contribution is 2.34. The minimum Gasteiger partial charge on any atom is -0.389 e. The van der Waals surface area contributed by atoms with Crippen LogP contribution in [-0.4, -0.2) is 78.6 Å². The molecule has 2 aromatic rings. The zero-order chi connectivity index (χ0) is 21.0. The normalized spacial score (nSPS) is 23.5. The lowest BCUT2D eigenvalue weighted by atomic mass is 9.78. The molecule has 2 fully saturated rings. The molecule has 1 aromatic heterocycles. The minimum atomic E-state index is -0.880. The number of carbonyl (C=O) groups excluding carboxylic acids is 2. The molecule has 10 heteroatoms. The summed E-state index contributed by atoms with van der Waals surface area (Å²) in [5.74, 6) is -0.0947. The Balaban J connectivity index is 0.00000181. The second kappa shape index (κ2) is 12.0. The Morgan fingerprint density at radius 3 is 2.47 bits per heavy atom. The van der Waals surface area contributed by atoms with Crippen LogP contribution in [-0.2, 0) is 10.3 Å². The number of nitrogens with zero attached hydrogens (tertiary/aromatic N) is 2. The number of β-amino-alcohol motifs (C(OH)–C–C–N with tert-alkyl or cyclic N) is 1. The van der Waals surface area contributed by atoms with Crippen LogP contribution in [0.1, 0.15) is 22.3 Å². The number of aliphatic hydroxyl groups is 1. The average molecular weight is 501 g/mol. The minimum absolute atomic E-state index is 0. The average Bonchev–Trinajstić information content (AvgIpc) is 3.32. The lowest BCUT2D eigenvalue weighted by Gasteiger charge is -2.46. The van der Waals surface area contributed by atoms with Crippen LogP contribution in [0.15, 0.2) is 47.2 Å². The molecule has 4 rings (SSSR count). The van der Waals surface area contributed by atoms with Crippen molar-refractivity contribution in [3.05, 3.63) is 58.3 Å². The Morgan fingerprint density at radius 2 is 1.84 bits per heavy atom. The summed E-state index contributed by atoms with van der Waals surface area (Å²) >= 11 is 1.47. The highest BCUT2D eigenvalue weighted by molar-refractivity contribution is 7.08. The summed E-state index contributed by atoms with van der Waals surface area (Å²) in [6.45, 7) is 4.32. The fraction of sp³-hybridized carbons (Fsp3) is 0.455. The van der Waals surface area contributed by atoms with E-state index >= 15 is 0 Å². The van der Waals surface area contributed by atoms with Gasteiger partial charge in [-0.15, -0.1) is 24.8 Å². The molecule has 2 amide bonds. The standard InChI is InChI=1S/C22H28N4O3S.2ClH/c27-19-14-25(15-20(28)26-11-8-23-9-12-26)10-7-22(19,18-4-2-1-3-5-18)24-21(29)17-6-13-30-16-17;;/h1-6,13,16,19,23,27H,7-12,14-15H2,(H,24,29);2*1H/t19-,22+;;/m1../s1. The Hall–Kier alpha value is -1.68. The number of thiophene rings is 1. The van der Waals surface area contributed by atoms with Crippen LogP contribution in [0.3, 0.4) is 0 Å². The number of halogens is 2. The summed E-state index contributed by atoms with van der Waals surface area (Å²) in [5.41, 5.74) is 0.600. The third-order valence-electron chi connectivity index (χ3n) is 6.06. The Labute approximate surface area is 205 Å². The zero-order valence-corrected chi connectivity index (χ0v) is 20.2. The predicted molar refractivity (Wildman–Crippen MR) is 131 cm³/mol. The first kappa shape index (κ1) is 26.6. The van der Waals surface area contributed by atoms with Gasteiger partial charge >= 0.3 is 0 Å². The fourth-order valence-electron chi connectivity index (χ4n) is 4.30. The summed E-state index contributed by atoms with van der Waals surface area (Å²) in [4.78, 5) is 29.4. The van der Waals surface area contributed by atoms with E-state index in [2.05, 4.69) is 10.6 Å². The predicted octanol–water partition coefficient (Wildman–Crippen LogP) is 1.72. The lowest BCUT2D eigenvalue weighted by molar-refractivity contribution is -0.134. The van der Waals surface area contributed by atoms with E-state index in [1.807, 2.05) is 50.9 Å². The fourth-order valence-corrected chi connectivity index (χ4v) is 4.94. The molecule has 2 aliphatic heterocycles. The van der Waals surface area contributed by atoms with Crippen molar-refractivity contribution in [2.24, 2.45) is 0 Å². The van der Waals surface area contributed by atoms with E-state index in [0.29, 0.717) is 31.6 Å². The number of benzene rings is 1. The zero-order valence-electron chi connectivity index (χ0n) is 17.7. The molecule has 0 aliphatic carbocycles. The first-order valence-corrected chi connectivity index (χ1v) is 11.3. The quantitative estimate of drug-likeness (QED) is 0.581. The van der Waals surface area contributed by atoms with Crippen molar-refractivity contribution in [2.75, 3.05) is 45.8 Å². The van der Waals surface area contributed by atoms with Gasteiger partial charge in [0, 0.05) is 44.6 Å². The summed E-state index contributed by atoms with van der Waals surface area (Å²) in [7, 11) is 0. The van der Waals surface area contributed by atoms with Gasteiger partial charge in [0.05, 0.1) is 23.8 Å². The van der Waals surface area contributed by atoms with E-state index in [0.717, 1.165) is 31.7 Å². The molecular formula is C22H30Cl2N4O3S. The molecular weight excluding hydrogens is 471 g/mol. The third-order valence-corrected chi connectivity index (χ3v) is 6.74. The highest BCUT2D eigenvalue weighted by Gasteiger charge is 2.45. The largest absolute Gasteiger partial charge is 0.389 e. The van der Waals surface area contributed by atoms with Crippen molar-refractivity contribution in [1.29, 1.82) is 0 Å². The smallest absolute Gasteiger partial charge is 0.252 e. The van der Waals surface area contributed by atoms with Gasteiger partial charge in [-0.3, -0.25) is 14.5 Å². The molecule has 2 aliphatic rings. The number of amides is 2. The first-order chi connectivity index (χ1) is 14.6. The number of hydrogen-bond donors (Lipinski definition) is 3. The van der Waals surface area contributed by atoms with Crippen molar-refractivity contribution < 1.29 is 14.7 Å². The molecule has 1 aromatic carbocycles. The molecule has 7 nitrogen and oxygen atoms in total. The molecule has 2 atom stereocenters. The van der Waals surface area contributed by atoms with Crippen LogP contribution in [0.5, 0.6) is 0 Å². The number of carbonyl (C=O) groups is 2. The van der Waals surface area contributed by atoms with Crippen molar-refractivity contribution in [3.8, 4) is 0 Å². The van der Waals surface area contributed by atoms with E-state index < -0.39 is 11.6 Å². The molecule has 0 spiro atoms. The van der Waals surface area contributed by atoms with Crippen molar-refractivity contribution >= 4 is 48.0 Å². The summed E-state index contributed by atoms with van der Waals surface area (Å²) in [6, 6.07) is 11.4. The monoisotopic (exact) mass is 500 g/mol. The number of aliphatic hydroxyl groups excluding tert-OH is 1. The topological polar surface area (TPSA) is 84.9 Å². The van der Waals surface area contributed by atoms with Crippen LogP contribution in [0.25, 0.3) is 0 Å². The maximum atomic E-state index is 12.9. The van der Waals surface area contributed by atoms with Gasteiger partial charge in [-0.2, -0.15) is 11.3 Å². The molecule has 2 saturated heterocycles. The van der Waals surface area contributed by atoms with E-state index in [1.54, 1.807) is 6.07 Å². The number of piperazine rings is 1. The number of piperidine rings is 1. The van der Waals surface area contributed by atoms with Gasteiger partial charge in [-0.1, -0.05) is 30.3 Å². The summed E-state index contributed by atoms with van der Waals surface area (Å²) in [6.07, 6.45) is -0.296. The van der Waals surface area contributed by atoms with E-state index in [4.69, 9.17) is 0 Å². The maximum Gasteiger partial charge on any atom is 0.252 e. The van der Waals surface area contributed by atoms with Crippen LogP contribution in [0.4, 0.5) is 0 Å². The Bertz CT molecular complexity index is 865. The van der Waals surface area contributed by atoms with Gasteiger partial charge in [-0.25, -0.2) is 0 Å². The molecule has 3 heterocycles. The molecule has 0 bridgehead atoms. The summed E-state index contributed by atoms with van der Waals surface area (Å²) in [5, 5.41) is 21.3. The van der Waals surface area contributed by atoms with Crippen LogP contribution < -0.4 is 10.6 Å². The second-order valence-electron chi connectivity index (χ2n) is 7.94. The Kier molecular flexibility index (Phi) is 9.94. The van der Waals surface area contributed by atoms with E-state index in [1.165, 1.54) is 11.3 Å². The van der Waals surface area contributed by atoms with Crippen molar-refractivity contribution in [3.63, 3.8) is 0 Å². The molecule has 3 N–H and O–H groups in total. The molecule has 32 heavy (non-hydrogen) atoms. The molecule has 176 valence electrons. The van der Waals surface area contributed by atoms with Crippen LogP contribution >= 0.6 is 36.2 Å². The summed E-state index contributed by atoms with van der Waals surface area (Å²) < 4.78 is 0. The van der Waals surface area contributed by atoms with Crippen molar-refractivity contribution in [2.45, 2.75) is 18.1 Å². The lowest BCUT2D eigenvalue weighted by Crippen LogP contribution is -2.63. The molecule has 0 saturated carbocycles. The highest BCUT2D eigenvalue weighted by atomic mass is 35.5. The molecule has 0 radical (unpaired) electrons. The number of likely N-dealkylation sites (tertiary alicyclic amines) is 1. The van der Waals surface area contributed by atoms with Crippen LogP contribution in [0, 0.1) is 0 Å². The van der Waals surface area contributed by atoms with Gasteiger partial charge < -0.3 is 20.6 Å². The SMILES string of the molecule is Cl.Cl.O=C(N[C@]1(c2ccccc2)CCN(CC(=O)N2CCNCC2)C[C@H]1O)c1ccsc1. The van der Waals surface area contributed by atoms with E-state index in [-0.39, 0.29) is 36.6 Å². The van der Waals surface area contributed by atoms with Crippen LogP contribution in [0.2, 0.25) is 0 Å². The number of hydrogen-bond acceptors (Lipinski definition) is 6. The maximum absolute atomic E-state index is 12.9. The van der Waals surface area contributed by atoms with Gasteiger partial charge in [-0.05, 0) is 23.4 Å². The third kappa shape index (κ3) is 5.81.